The molecule has 1 fully saturated rings. The summed E-state index contributed by atoms with van der Waals surface area (Å²) in [5, 5.41) is 2.86. The van der Waals surface area contributed by atoms with Crippen LogP contribution in [0.1, 0.15) is 0 Å². The molecule has 1 saturated heterocycles. The first-order chi connectivity index (χ1) is 11.1. The van der Waals surface area contributed by atoms with Gasteiger partial charge in [-0.25, -0.2) is 9.18 Å². The number of urea groups is 1. The predicted octanol–water partition coefficient (Wildman–Crippen LogP) is 2.76. The number of carbonyl (C=O) groups is 1. The maximum Gasteiger partial charge on any atom is 0.321 e. The summed E-state index contributed by atoms with van der Waals surface area (Å²) in [6, 6.07) is 13.4. The van der Waals surface area contributed by atoms with E-state index in [-0.39, 0.29) is 11.8 Å². The Morgan fingerprint density at radius 1 is 0.957 bits per heavy atom. The third-order valence-electron chi connectivity index (χ3n) is 3.92. The minimum Gasteiger partial charge on any atom is -0.399 e. The van der Waals surface area contributed by atoms with Crippen LogP contribution in [0.15, 0.2) is 48.5 Å². The first-order valence-corrected chi connectivity index (χ1v) is 7.54. The highest BCUT2D eigenvalue weighted by Gasteiger charge is 2.21. The number of nitrogens with one attached hydrogen (secondary N) is 1. The van der Waals surface area contributed by atoms with E-state index < -0.39 is 0 Å². The van der Waals surface area contributed by atoms with Crippen molar-refractivity contribution in [1.82, 2.24) is 4.90 Å². The Labute approximate surface area is 134 Å². The van der Waals surface area contributed by atoms with E-state index in [1.54, 1.807) is 41.3 Å². The zero-order valence-electron chi connectivity index (χ0n) is 12.7. The third-order valence-corrected chi connectivity index (χ3v) is 3.92. The van der Waals surface area contributed by atoms with Crippen molar-refractivity contribution < 1.29 is 9.18 Å². The van der Waals surface area contributed by atoms with Crippen LogP contribution in [0, 0.1) is 5.82 Å². The minimum atomic E-state index is -0.240. The van der Waals surface area contributed by atoms with Crippen molar-refractivity contribution in [3.8, 4) is 0 Å². The van der Waals surface area contributed by atoms with Gasteiger partial charge < -0.3 is 20.9 Å². The SMILES string of the molecule is Nc1ccc(NC(=O)N2CCN(c3ccc(F)cc3)CC2)cc1. The molecule has 0 bridgehead atoms. The van der Waals surface area contributed by atoms with Gasteiger partial charge in [-0.05, 0) is 48.5 Å². The van der Waals surface area contributed by atoms with Crippen LogP contribution in [0.3, 0.4) is 0 Å². The van der Waals surface area contributed by atoms with Gasteiger partial charge in [-0.2, -0.15) is 0 Å². The van der Waals surface area contributed by atoms with Crippen molar-refractivity contribution in [2.45, 2.75) is 0 Å². The topological polar surface area (TPSA) is 61.6 Å². The molecule has 0 radical (unpaired) electrons. The summed E-state index contributed by atoms with van der Waals surface area (Å²) in [7, 11) is 0. The molecule has 3 rings (SSSR count). The maximum atomic E-state index is 13.0. The molecule has 2 aromatic carbocycles. The second-order valence-corrected chi connectivity index (χ2v) is 5.50. The van der Waals surface area contributed by atoms with E-state index in [2.05, 4.69) is 10.2 Å². The van der Waals surface area contributed by atoms with Crippen LogP contribution >= 0.6 is 0 Å². The third kappa shape index (κ3) is 3.71. The van der Waals surface area contributed by atoms with Crippen LogP contribution in [0.5, 0.6) is 0 Å². The molecule has 6 heteroatoms. The number of carbonyl (C=O) groups excluding carboxylic acids is 1. The number of halogens is 1. The maximum absolute atomic E-state index is 13.0. The molecule has 3 N–H and O–H groups in total. The molecule has 1 heterocycles. The Balaban J connectivity index is 1.54. The number of anilines is 3. The Morgan fingerprint density at radius 3 is 2.17 bits per heavy atom. The van der Waals surface area contributed by atoms with Gasteiger partial charge in [0.1, 0.15) is 5.82 Å². The van der Waals surface area contributed by atoms with E-state index >= 15 is 0 Å². The van der Waals surface area contributed by atoms with E-state index in [0.717, 1.165) is 24.5 Å². The highest BCUT2D eigenvalue weighted by Crippen LogP contribution is 2.18. The largest absolute Gasteiger partial charge is 0.399 e. The molecular formula is C17H19FN4O. The molecule has 5 nitrogen and oxygen atoms in total. The van der Waals surface area contributed by atoms with Gasteiger partial charge in [0.2, 0.25) is 0 Å². The van der Waals surface area contributed by atoms with E-state index in [0.29, 0.717) is 18.8 Å². The van der Waals surface area contributed by atoms with Crippen molar-refractivity contribution in [2.75, 3.05) is 42.1 Å². The standard InChI is InChI=1S/C17H19FN4O/c18-13-1-7-16(8-2-13)21-9-11-22(12-10-21)17(23)20-15-5-3-14(19)4-6-15/h1-8H,9-12,19H2,(H,20,23). The molecule has 1 aliphatic rings. The Morgan fingerprint density at radius 2 is 1.57 bits per heavy atom. The molecule has 0 spiro atoms. The van der Waals surface area contributed by atoms with Gasteiger partial charge in [0.25, 0.3) is 0 Å². The highest BCUT2D eigenvalue weighted by atomic mass is 19.1. The van der Waals surface area contributed by atoms with Crippen molar-refractivity contribution >= 4 is 23.1 Å². The fourth-order valence-corrected chi connectivity index (χ4v) is 2.59. The van der Waals surface area contributed by atoms with Crippen molar-refractivity contribution in [1.29, 1.82) is 0 Å². The lowest BCUT2D eigenvalue weighted by Crippen LogP contribution is -2.50. The summed E-state index contributed by atoms with van der Waals surface area (Å²) in [4.78, 5) is 16.2. The Kier molecular flexibility index (Phi) is 4.32. The quantitative estimate of drug-likeness (QED) is 0.838. The van der Waals surface area contributed by atoms with Crippen molar-refractivity contribution in [2.24, 2.45) is 0 Å². The second kappa shape index (κ2) is 6.56. The molecule has 23 heavy (non-hydrogen) atoms. The highest BCUT2D eigenvalue weighted by molar-refractivity contribution is 5.89. The lowest BCUT2D eigenvalue weighted by molar-refractivity contribution is 0.208. The first-order valence-electron chi connectivity index (χ1n) is 7.54. The van der Waals surface area contributed by atoms with Gasteiger partial charge in [-0.1, -0.05) is 0 Å². The van der Waals surface area contributed by atoms with Crippen molar-refractivity contribution in [3.63, 3.8) is 0 Å². The summed E-state index contributed by atoms with van der Waals surface area (Å²) in [6.45, 7) is 2.69. The first kappa shape index (κ1) is 15.1. The summed E-state index contributed by atoms with van der Waals surface area (Å²) in [5.74, 6) is -0.240. The summed E-state index contributed by atoms with van der Waals surface area (Å²) in [5.41, 5.74) is 7.99. The normalized spacial score (nSPS) is 14.7. The molecule has 2 amide bonds. The zero-order valence-corrected chi connectivity index (χ0v) is 12.7. The van der Waals surface area contributed by atoms with Crippen LogP contribution in [0.4, 0.5) is 26.2 Å². The second-order valence-electron chi connectivity index (χ2n) is 5.50. The predicted molar refractivity (Wildman–Crippen MR) is 90.1 cm³/mol. The van der Waals surface area contributed by atoms with E-state index in [4.69, 9.17) is 5.73 Å². The van der Waals surface area contributed by atoms with Crippen LogP contribution in [0.25, 0.3) is 0 Å². The van der Waals surface area contributed by atoms with Gasteiger partial charge in [0.15, 0.2) is 0 Å². The Hall–Kier alpha value is -2.76. The number of piperazine rings is 1. The average Bonchev–Trinajstić information content (AvgIpc) is 2.58. The van der Waals surface area contributed by atoms with E-state index in [1.807, 2.05) is 0 Å². The smallest absolute Gasteiger partial charge is 0.321 e. The average molecular weight is 314 g/mol. The van der Waals surface area contributed by atoms with Gasteiger partial charge in [-0.15, -0.1) is 0 Å². The minimum absolute atomic E-state index is 0.117. The molecule has 0 aliphatic carbocycles. The zero-order chi connectivity index (χ0) is 16.2. The number of nitrogens with two attached hydrogens (primary N) is 1. The number of hydrogen-bond acceptors (Lipinski definition) is 3. The van der Waals surface area contributed by atoms with Gasteiger partial charge in [-0.3, -0.25) is 0 Å². The molecule has 0 unspecified atom stereocenters. The molecule has 0 aromatic heterocycles. The summed E-state index contributed by atoms with van der Waals surface area (Å²) < 4.78 is 13.0. The van der Waals surface area contributed by atoms with Crippen LogP contribution in [-0.2, 0) is 0 Å². The van der Waals surface area contributed by atoms with Gasteiger partial charge in [0.05, 0.1) is 0 Å². The lowest BCUT2D eigenvalue weighted by Gasteiger charge is -2.36. The number of rotatable bonds is 2. The molecule has 0 saturated carbocycles. The number of benzene rings is 2. The van der Waals surface area contributed by atoms with E-state index in [9.17, 15) is 9.18 Å². The summed E-state index contributed by atoms with van der Waals surface area (Å²) >= 11 is 0. The fourth-order valence-electron chi connectivity index (χ4n) is 2.59. The molecule has 1 aliphatic heterocycles. The Bertz CT molecular complexity index is 664. The van der Waals surface area contributed by atoms with Gasteiger partial charge in [0, 0.05) is 43.2 Å². The molecule has 2 aromatic rings. The van der Waals surface area contributed by atoms with Crippen molar-refractivity contribution in [3.05, 3.63) is 54.3 Å². The number of nitrogens with zero attached hydrogens (tertiary/aromatic N) is 2. The molecule has 120 valence electrons. The van der Waals surface area contributed by atoms with Crippen LogP contribution < -0.4 is 16.0 Å². The van der Waals surface area contributed by atoms with Crippen LogP contribution in [-0.4, -0.2) is 37.1 Å². The molecular weight excluding hydrogens is 295 g/mol. The van der Waals surface area contributed by atoms with Gasteiger partial charge >= 0.3 is 6.03 Å². The lowest BCUT2D eigenvalue weighted by atomic mass is 10.2. The number of nitrogen functional groups attached to an aromatic ring is 1. The number of hydrogen-bond donors (Lipinski definition) is 2. The summed E-state index contributed by atoms with van der Waals surface area (Å²) in [6.07, 6.45) is 0. The van der Waals surface area contributed by atoms with Crippen LogP contribution in [0.2, 0.25) is 0 Å². The monoisotopic (exact) mass is 314 g/mol. The number of amides is 2. The fraction of sp³-hybridized carbons (Fsp3) is 0.235. The molecule has 0 atom stereocenters. The van der Waals surface area contributed by atoms with E-state index in [1.165, 1.54) is 12.1 Å².